The van der Waals surface area contributed by atoms with E-state index < -0.39 is 0 Å². The lowest BCUT2D eigenvalue weighted by Gasteiger charge is -2.35. The van der Waals surface area contributed by atoms with Crippen molar-refractivity contribution in [2.24, 2.45) is 0 Å². The molecule has 0 unspecified atom stereocenters. The van der Waals surface area contributed by atoms with E-state index in [2.05, 4.69) is 26.8 Å². The maximum absolute atomic E-state index is 12.3. The van der Waals surface area contributed by atoms with E-state index in [4.69, 9.17) is 0 Å². The third-order valence-electron chi connectivity index (χ3n) is 4.58. The van der Waals surface area contributed by atoms with E-state index in [0.717, 1.165) is 30.9 Å². The van der Waals surface area contributed by atoms with Crippen molar-refractivity contribution >= 4 is 17.1 Å². The van der Waals surface area contributed by atoms with E-state index in [1.54, 1.807) is 34.2 Å². The summed E-state index contributed by atoms with van der Waals surface area (Å²) in [5.41, 5.74) is 3.96. The molecule has 1 aliphatic heterocycles. The summed E-state index contributed by atoms with van der Waals surface area (Å²) in [5.74, 6) is 0.618. The number of nitrogens with one attached hydrogen (secondary N) is 1. The van der Waals surface area contributed by atoms with Gasteiger partial charge in [-0.1, -0.05) is 6.42 Å². The zero-order valence-electron chi connectivity index (χ0n) is 13.0. The van der Waals surface area contributed by atoms with Gasteiger partial charge < -0.3 is 4.98 Å². The first-order valence-electron chi connectivity index (χ1n) is 7.91. The molecule has 0 radical (unpaired) electrons. The zero-order valence-corrected chi connectivity index (χ0v) is 13.8. The van der Waals surface area contributed by atoms with Crippen molar-refractivity contribution in [3.8, 4) is 0 Å². The number of nitrogens with zero attached hydrogens (tertiary/aromatic N) is 4. The second kappa shape index (κ2) is 5.90. The van der Waals surface area contributed by atoms with E-state index in [1.165, 1.54) is 17.7 Å². The molecule has 0 amide bonds. The van der Waals surface area contributed by atoms with Crippen molar-refractivity contribution in [3.05, 3.63) is 50.6 Å². The molecule has 0 aliphatic carbocycles. The Bertz CT molecular complexity index is 880. The van der Waals surface area contributed by atoms with Crippen molar-refractivity contribution in [2.45, 2.75) is 38.8 Å². The topological polar surface area (TPSA) is 66.3 Å². The van der Waals surface area contributed by atoms with Crippen molar-refractivity contribution < 1.29 is 0 Å². The Balaban J connectivity index is 1.68. The number of aromatic amines is 1. The average Bonchev–Trinajstić information content (AvgIpc) is 3.18. The van der Waals surface area contributed by atoms with Crippen molar-refractivity contribution in [1.82, 2.24) is 24.3 Å². The van der Waals surface area contributed by atoms with Crippen molar-refractivity contribution in [3.63, 3.8) is 0 Å². The molecule has 6 nitrogen and oxygen atoms in total. The molecule has 3 aromatic heterocycles. The first kappa shape index (κ1) is 14.6. The molecule has 0 bridgehead atoms. The van der Waals surface area contributed by atoms with Crippen LogP contribution in [0.1, 0.15) is 41.6 Å². The Morgan fingerprint density at radius 1 is 1.39 bits per heavy atom. The standard InChI is InChI=1S/C16H19N5OS/c1-11-14(23-10-18-11)9-20-6-3-2-4-13(20)12-8-15(22)21-7-5-17-16(21)19-12/h5,7-8,10,13H,2-4,6,9H2,1H3,(H,17,19)/t13-/m0/s1. The van der Waals surface area contributed by atoms with Crippen LogP contribution in [-0.4, -0.2) is 30.8 Å². The molecule has 0 saturated carbocycles. The first-order valence-corrected chi connectivity index (χ1v) is 8.79. The molecular weight excluding hydrogens is 310 g/mol. The molecule has 1 N–H and O–H groups in total. The maximum Gasteiger partial charge on any atom is 0.259 e. The minimum atomic E-state index is -0.0225. The van der Waals surface area contributed by atoms with Gasteiger partial charge in [-0.05, 0) is 26.3 Å². The molecule has 4 heterocycles. The summed E-state index contributed by atoms with van der Waals surface area (Å²) < 4.78 is 1.55. The fourth-order valence-corrected chi connectivity index (χ4v) is 4.12. The highest BCUT2D eigenvalue weighted by Crippen LogP contribution is 2.31. The number of aromatic nitrogens is 4. The minimum Gasteiger partial charge on any atom is -0.327 e. The fraction of sp³-hybridized carbons (Fsp3) is 0.438. The van der Waals surface area contributed by atoms with E-state index in [9.17, 15) is 4.79 Å². The summed E-state index contributed by atoms with van der Waals surface area (Å²) in [6.07, 6.45) is 6.78. The highest BCUT2D eigenvalue weighted by molar-refractivity contribution is 7.09. The molecule has 1 atom stereocenters. The number of thiazole rings is 1. The largest absolute Gasteiger partial charge is 0.327 e. The lowest BCUT2D eigenvalue weighted by molar-refractivity contribution is 0.138. The molecule has 23 heavy (non-hydrogen) atoms. The highest BCUT2D eigenvalue weighted by Gasteiger charge is 2.26. The van der Waals surface area contributed by atoms with Crippen LogP contribution in [0.25, 0.3) is 5.78 Å². The molecule has 4 rings (SSSR count). The van der Waals surface area contributed by atoms with E-state index in [0.29, 0.717) is 5.78 Å². The van der Waals surface area contributed by atoms with Gasteiger partial charge in [0.15, 0.2) is 0 Å². The van der Waals surface area contributed by atoms with Crippen LogP contribution in [-0.2, 0) is 6.54 Å². The van der Waals surface area contributed by atoms with Gasteiger partial charge in [-0.2, -0.15) is 0 Å². The third kappa shape index (κ3) is 2.70. The Morgan fingerprint density at radius 2 is 2.30 bits per heavy atom. The summed E-state index contributed by atoms with van der Waals surface area (Å²) in [6.45, 7) is 4.00. The van der Waals surface area contributed by atoms with Gasteiger partial charge in [0, 0.05) is 35.6 Å². The van der Waals surface area contributed by atoms with Crippen LogP contribution in [0.5, 0.6) is 0 Å². The van der Waals surface area contributed by atoms with Crippen LogP contribution < -0.4 is 5.56 Å². The number of aryl methyl sites for hydroxylation is 1. The van der Waals surface area contributed by atoms with Crippen LogP contribution >= 0.6 is 11.3 Å². The van der Waals surface area contributed by atoms with Crippen molar-refractivity contribution in [1.29, 1.82) is 0 Å². The van der Waals surface area contributed by atoms with E-state index in [1.807, 2.05) is 5.51 Å². The predicted octanol–water partition coefficient (Wildman–Crippen LogP) is 2.51. The first-order chi connectivity index (χ1) is 11.2. The molecule has 0 spiro atoms. The minimum absolute atomic E-state index is 0.0225. The summed E-state index contributed by atoms with van der Waals surface area (Å²) in [4.78, 5) is 27.9. The predicted molar refractivity (Wildman–Crippen MR) is 89.7 cm³/mol. The van der Waals surface area contributed by atoms with E-state index >= 15 is 0 Å². The number of hydrogen-bond donors (Lipinski definition) is 1. The Labute approximate surface area is 137 Å². The second-order valence-electron chi connectivity index (χ2n) is 6.03. The smallest absolute Gasteiger partial charge is 0.259 e. The molecule has 3 aromatic rings. The molecule has 7 heteroatoms. The van der Waals surface area contributed by atoms with Crippen LogP contribution in [0.2, 0.25) is 0 Å². The van der Waals surface area contributed by atoms with Gasteiger partial charge in [-0.15, -0.1) is 11.3 Å². The van der Waals surface area contributed by atoms with E-state index in [-0.39, 0.29) is 11.6 Å². The molecule has 0 aromatic carbocycles. The maximum atomic E-state index is 12.3. The molecular formula is C16H19N5OS. The zero-order chi connectivity index (χ0) is 15.8. The van der Waals surface area contributed by atoms with Crippen LogP contribution in [0.4, 0.5) is 0 Å². The lowest BCUT2D eigenvalue weighted by atomic mass is 9.99. The van der Waals surface area contributed by atoms with Crippen LogP contribution in [0.3, 0.4) is 0 Å². The number of imidazole rings is 1. The third-order valence-corrected chi connectivity index (χ3v) is 5.50. The highest BCUT2D eigenvalue weighted by atomic mass is 32.1. The van der Waals surface area contributed by atoms with Gasteiger partial charge in [0.05, 0.1) is 17.2 Å². The summed E-state index contributed by atoms with van der Waals surface area (Å²) in [5, 5.41) is 0. The van der Waals surface area contributed by atoms with Gasteiger partial charge in [-0.3, -0.25) is 14.1 Å². The monoisotopic (exact) mass is 329 g/mol. The number of rotatable bonds is 3. The lowest BCUT2D eigenvalue weighted by Crippen LogP contribution is -2.34. The Kier molecular flexibility index (Phi) is 3.74. The summed E-state index contributed by atoms with van der Waals surface area (Å²) >= 11 is 1.71. The van der Waals surface area contributed by atoms with Gasteiger partial charge in [0.25, 0.3) is 5.56 Å². The van der Waals surface area contributed by atoms with Crippen molar-refractivity contribution in [2.75, 3.05) is 6.54 Å². The number of fused-ring (bicyclic) bond motifs is 1. The molecule has 1 fully saturated rings. The van der Waals surface area contributed by atoms with Gasteiger partial charge >= 0.3 is 0 Å². The number of hydrogen-bond acceptors (Lipinski definition) is 5. The van der Waals surface area contributed by atoms with Crippen LogP contribution in [0, 0.1) is 6.92 Å². The second-order valence-corrected chi connectivity index (χ2v) is 6.97. The quantitative estimate of drug-likeness (QED) is 0.802. The van der Waals surface area contributed by atoms with Gasteiger partial charge in [-0.25, -0.2) is 9.97 Å². The molecule has 1 aliphatic rings. The Morgan fingerprint density at radius 3 is 3.13 bits per heavy atom. The summed E-state index contributed by atoms with van der Waals surface area (Å²) in [7, 11) is 0. The number of likely N-dealkylation sites (tertiary alicyclic amines) is 1. The normalized spacial score (nSPS) is 19.4. The van der Waals surface area contributed by atoms with Gasteiger partial charge in [0.1, 0.15) is 0 Å². The van der Waals surface area contributed by atoms with Crippen LogP contribution in [0.15, 0.2) is 28.8 Å². The van der Waals surface area contributed by atoms with Gasteiger partial charge in [0.2, 0.25) is 5.78 Å². The summed E-state index contributed by atoms with van der Waals surface area (Å²) in [6, 6.07) is 1.96. The molecule has 120 valence electrons. The average molecular weight is 329 g/mol. The molecule has 1 saturated heterocycles. The SMILES string of the molecule is Cc1ncsc1CN1CCCC[C@H]1c1cc(=O)n2ccnc2[nH]1. The fourth-order valence-electron chi connectivity index (χ4n) is 3.32. The Hall–Kier alpha value is -1.99. The number of H-pyrrole nitrogens is 1. The number of piperidine rings is 1.